The summed E-state index contributed by atoms with van der Waals surface area (Å²) in [6, 6.07) is 6.04. The number of aromatic nitrogens is 1. The van der Waals surface area contributed by atoms with Gasteiger partial charge >= 0.3 is 0 Å². The van der Waals surface area contributed by atoms with Crippen molar-refractivity contribution in [1.82, 2.24) is 4.90 Å². The minimum absolute atomic E-state index is 0. The van der Waals surface area contributed by atoms with Crippen LogP contribution in [0.3, 0.4) is 0 Å². The molecule has 2 aliphatic rings. The van der Waals surface area contributed by atoms with Crippen LogP contribution in [0.4, 0.5) is 0 Å². The van der Waals surface area contributed by atoms with Crippen molar-refractivity contribution in [3.63, 3.8) is 0 Å². The molecule has 2 unspecified atom stereocenters. The van der Waals surface area contributed by atoms with E-state index in [4.69, 9.17) is 11.6 Å². The van der Waals surface area contributed by atoms with Crippen LogP contribution in [0.2, 0.25) is 0 Å². The van der Waals surface area contributed by atoms with E-state index in [0.29, 0.717) is 24.4 Å². The van der Waals surface area contributed by atoms with E-state index in [-0.39, 0.29) is 40.6 Å². The van der Waals surface area contributed by atoms with Crippen molar-refractivity contribution < 1.29 is 31.1 Å². The molecule has 3 rings (SSSR count). The number of pyridine rings is 1. The highest BCUT2D eigenvalue weighted by Crippen LogP contribution is 2.38. The van der Waals surface area contributed by atoms with Crippen LogP contribution in [0.1, 0.15) is 25.0 Å². The number of hydrogen-bond acceptors (Lipinski definition) is 2. The third-order valence-corrected chi connectivity index (χ3v) is 4.92. The van der Waals surface area contributed by atoms with Gasteiger partial charge in [0.1, 0.15) is 6.54 Å². The van der Waals surface area contributed by atoms with Gasteiger partial charge in [0.15, 0.2) is 11.9 Å². The summed E-state index contributed by atoms with van der Waals surface area (Å²) in [6.45, 7) is 3.34. The molecule has 0 aromatic carbocycles. The second-order valence-corrected chi connectivity index (χ2v) is 6.51. The average molecular weight is 400 g/mol. The van der Waals surface area contributed by atoms with Crippen molar-refractivity contribution >= 4 is 23.4 Å². The van der Waals surface area contributed by atoms with Gasteiger partial charge in [-0.1, -0.05) is 23.7 Å². The fourth-order valence-electron chi connectivity index (χ4n) is 3.33. The lowest BCUT2D eigenvalue weighted by molar-refractivity contribution is -0.703. The lowest BCUT2D eigenvalue weighted by Crippen LogP contribution is -3.00. The normalized spacial score (nSPS) is 23.4. The van der Waals surface area contributed by atoms with Crippen molar-refractivity contribution in [3.05, 3.63) is 41.2 Å². The SMILES string of the molecule is Cc1cccc[n+]1CCCN1C(=O)C2CC=C(Cl)CC2C1=O.[Br-]. The number of rotatable bonds is 4. The number of halogens is 2. The number of hydrogen-bond donors (Lipinski definition) is 0. The second kappa shape index (κ2) is 7.58. The van der Waals surface area contributed by atoms with Crippen molar-refractivity contribution in [2.45, 2.75) is 32.7 Å². The first kappa shape index (κ1) is 18.1. The standard InChI is InChI=1S/C17H20ClN2O2.BrH/c1-12-5-2-3-8-19(12)9-4-10-20-16(21)14-7-6-13(18)11-15(14)17(20)22;/h2-3,5-6,8,14-15H,4,7,9-11H2,1H3;1H/q+1;/p-1. The number of allylic oxidation sites excluding steroid dienone is 2. The highest BCUT2D eigenvalue weighted by Gasteiger charge is 2.47. The van der Waals surface area contributed by atoms with E-state index in [1.807, 2.05) is 37.4 Å². The molecule has 1 aromatic heterocycles. The molecule has 2 amide bonds. The summed E-state index contributed by atoms with van der Waals surface area (Å²) < 4.78 is 2.14. The van der Waals surface area contributed by atoms with Crippen molar-refractivity contribution in [3.8, 4) is 0 Å². The highest BCUT2D eigenvalue weighted by atomic mass is 79.9. The van der Waals surface area contributed by atoms with Crippen LogP contribution in [-0.4, -0.2) is 23.3 Å². The number of amides is 2. The fourth-order valence-corrected chi connectivity index (χ4v) is 3.58. The van der Waals surface area contributed by atoms with E-state index in [1.165, 1.54) is 10.6 Å². The Hall–Kier alpha value is -1.20. The number of nitrogens with zero attached hydrogens (tertiary/aromatic N) is 2. The molecular weight excluding hydrogens is 380 g/mol. The second-order valence-electron chi connectivity index (χ2n) is 6.02. The molecular formula is C17H20BrClN2O2. The molecule has 6 heteroatoms. The van der Waals surface area contributed by atoms with E-state index in [2.05, 4.69) is 4.57 Å². The Kier molecular flexibility index (Phi) is 5.98. The molecule has 1 fully saturated rings. The highest BCUT2D eigenvalue weighted by molar-refractivity contribution is 6.30. The van der Waals surface area contributed by atoms with E-state index >= 15 is 0 Å². The molecule has 1 aliphatic carbocycles. The van der Waals surface area contributed by atoms with Crippen LogP contribution in [0, 0.1) is 18.8 Å². The van der Waals surface area contributed by atoms with Crippen LogP contribution in [-0.2, 0) is 16.1 Å². The number of likely N-dealkylation sites (tertiary alicyclic amines) is 1. The summed E-state index contributed by atoms with van der Waals surface area (Å²) in [7, 11) is 0. The van der Waals surface area contributed by atoms with Gasteiger partial charge in [0.05, 0.1) is 11.8 Å². The van der Waals surface area contributed by atoms with Gasteiger partial charge in [-0.05, 0) is 12.8 Å². The maximum Gasteiger partial charge on any atom is 0.233 e. The van der Waals surface area contributed by atoms with Crippen LogP contribution >= 0.6 is 11.6 Å². The minimum Gasteiger partial charge on any atom is -1.00 e. The Morgan fingerprint density at radius 3 is 2.74 bits per heavy atom. The molecule has 0 N–H and O–H groups in total. The average Bonchev–Trinajstić information content (AvgIpc) is 2.73. The summed E-state index contributed by atoms with van der Waals surface area (Å²) in [6.07, 6.45) is 5.78. The minimum atomic E-state index is -0.240. The summed E-state index contributed by atoms with van der Waals surface area (Å²) >= 11 is 6.02. The molecule has 0 radical (unpaired) electrons. The van der Waals surface area contributed by atoms with Crippen LogP contribution in [0.5, 0.6) is 0 Å². The van der Waals surface area contributed by atoms with Gasteiger partial charge in [-0.15, -0.1) is 0 Å². The quantitative estimate of drug-likeness (QED) is 0.491. The van der Waals surface area contributed by atoms with Crippen LogP contribution < -0.4 is 21.5 Å². The van der Waals surface area contributed by atoms with Gasteiger partial charge in [0.2, 0.25) is 11.8 Å². The fraction of sp³-hybridized carbons (Fsp3) is 0.471. The smallest absolute Gasteiger partial charge is 0.233 e. The largest absolute Gasteiger partial charge is 1.00 e. The Bertz CT molecular complexity index is 647. The van der Waals surface area contributed by atoms with Gasteiger partial charge in [-0.3, -0.25) is 14.5 Å². The zero-order valence-electron chi connectivity index (χ0n) is 13.0. The third kappa shape index (κ3) is 3.66. The summed E-state index contributed by atoms with van der Waals surface area (Å²) in [4.78, 5) is 26.3. The van der Waals surface area contributed by atoms with Gasteiger partial charge in [0, 0.05) is 37.1 Å². The molecule has 124 valence electrons. The Morgan fingerprint density at radius 1 is 1.26 bits per heavy atom. The first-order chi connectivity index (χ1) is 10.6. The van der Waals surface area contributed by atoms with Crippen molar-refractivity contribution in [2.75, 3.05) is 6.54 Å². The van der Waals surface area contributed by atoms with Crippen LogP contribution in [0.25, 0.3) is 0 Å². The number of carbonyl (C=O) groups is 2. The van der Waals surface area contributed by atoms with E-state index in [9.17, 15) is 9.59 Å². The first-order valence-electron chi connectivity index (χ1n) is 7.73. The number of aryl methyl sites for hydroxylation is 2. The maximum atomic E-state index is 12.4. The van der Waals surface area contributed by atoms with Crippen LogP contribution in [0.15, 0.2) is 35.5 Å². The number of carbonyl (C=O) groups excluding carboxylic acids is 2. The zero-order valence-corrected chi connectivity index (χ0v) is 15.4. The predicted octanol–water partition coefficient (Wildman–Crippen LogP) is -0.806. The molecule has 2 heterocycles. The Balaban J connectivity index is 0.00000192. The molecule has 23 heavy (non-hydrogen) atoms. The van der Waals surface area contributed by atoms with Gasteiger partial charge in [0.25, 0.3) is 0 Å². The lowest BCUT2D eigenvalue weighted by Gasteiger charge is -2.17. The zero-order chi connectivity index (χ0) is 15.7. The Labute approximate surface area is 151 Å². The molecule has 1 aliphatic heterocycles. The Morgan fingerprint density at radius 2 is 2.00 bits per heavy atom. The van der Waals surface area contributed by atoms with Crippen molar-refractivity contribution in [1.29, 1.82) is 0 Å². The molecule has 1 saturated heterocycles. The number of fused-ring (bicyclic) bond motifs is 1. The molecule has 0 bridgehead atoms. The summed E-state index contributed by atoms with van der Waals surface area (Å²) in [5.41, 5.74) is 1.17. The van der Waals surface area contributed by atoms with Crippen molar-refractivity contribution in [2.24, 2.45) is 11.8 Å². The van der Waals surface area contributed by atoms with Gasteiger partial charge < -0.3 is 17.0 Å². The lowest BCUT2D eigenvalue weighted by atomic mass is 9.85. The topological polar surface area (TPSA) is 41.3 Å². The monoisotopic (exact) mass is 398 g/mol. The first-order valence-corrected chi connectivity index (χ1v) is 8.10. The predicted molar refractivity (Wildman–Crippen MR) is 82.9 cm³/mol. The number of imide groups is 1. The van der Waals surface area contributed by atoms with Gasteiger partial charge in [-0.25, -0.2) is 4.57 Å². The molecule has 0 spiro atoms. The summed E-state index contributed by atoms with van der Waals surface area (Å²) in [5.74, 6) is -0.501. The molecule has 2 atom stereocenters. The molecule has 0 saturated carbocycles. The summed E-state index contributed by atoms with van der Waals surface area (Å²) in [5, 5.41) is 0.708. The molecule has 1 aromatic rings. The maximum absolute atomic E-state index is 12.4. The van der Waals surface area contributed by atoms with Gasteiger partial charge in [-0.2, -0.15) is 0 Å². The van der Waals surface area contributed by atoms with E-state index < -0.39 is 0 Å². The molecule has 4 nitrogen and oxygen atoms in total. The van der Waals surface area contributed by atoms with E-state index in [1.54, 1.807) is 0 Å². The van der Waals surface area contributed by atoms with E-state index in [0.717, 1.165) is 13.0 Å². The third-order valence-electron chi connectivity index (χ3n) is 4.61.